The Morgan fingerprint density at radius 1 is 1.30 bits per heavy atom. The highest BCUT2D eigenvalue weighted by Crippen LogP contribution is 2.28. The first kappa shape index (κ1) is 14.9. The first-order chi connectivity index (χ1) is 9.71. The van der Waals surface area contributed by atoms with E-state index in [1.54, 1.807) is 0 Å². The van der Waals surface area contributed by atoms with Crippen molar-refractivity contribution in [2.45, 2.75) is 23.4 Å². The van der Waals surface area contributed by atoms with Crippen molar-refractivity contribution < 1.29 is 4.74 Å². The van der Waals surface area contributed by atoms with Crippen LogP contribution in [-0.2, 0) is 0 Å². The largest absolute Gasteiger partial charge is 0.467 e. The van der Waals surface area contributed by atoms with Crippen molar-refractivity contribution in [2.75, 3.05) is 19.0 Å². The molecule has 0 atom stereocenters. The Bertz CT molecular complexity index is 582. The van der Waals surface area contributed by atoms with Gasteiger partial charge in [-0.2, -0.15) is 15.0 Å². The average Bonchev–Trinajstić information content (AvgIpc) is 2.45. The zero-order valence-electron chi connectivity index (χ0n) is 11.3. The monoisotopic (exact) mass is 310 g/mol. The summed E-state index contributed by atoms with van der Waals surface area (Å²) in [5, 5.41) is 4.37. The Morgan fingerprint density at radius 3 is 2.85 bits per heavy atom. The third-order valence-electron chi connectivity index (χ3n) is 2.32. The smallest absolute Gasteiger partial charge is 0.321 e. The van der Waals surface area contributed by atoms with Gasteiger partial charge in [-0.05, 0) is 36.4 Å². The maximum Gasteiger partial charge on any atom is 0.321 e. The van der Waals surface area contributed by atoms with Gasteiger partial charge in [0.15, 0.2) is 0 Å². The summed E-state index contributed by atoms with van der Waals surface area (Å²) in [5.74, 6) is 0.517. The molecule has 0 aliphatic rings. The van der Waals surface area contributed by atoms with Crippen molar-refractivity contribution in [2.24, 2.45) is 0 Å². The van der Waals surface area contributed by atoms with Gasteiger partial charge in [0, 0.05) is 16.5 Å². The maximum absolute atomic E-state index is 5.97. The quantitative estimate of drug-likeness (QED) is 0.881. The van der Waals surface area contributed by atoms with Gasteiger partial charge in [0.2, 0.25) is 11.1 Å². The van der Waals surface area contributed by atoms with E-state index < -0.39 is 0 Å². The zero-order chi connectivity index (χ0) is 14.4. The zero-order valence-corrected chi connectivity index (χ0v) is 12.8. The van der Waals surface area contributed by atoms with Crippen LogP contribution in [0.15, 0.2) is 34.3 Å². The van der Waals surface area contributed by atoms with Crippen LogP contribution in [0.25, 0.3) is 0 Å². The number of halogens is 1. The Morgan fingerprint density at radius 2 is 2.15 bits per heavy atom. The molecule has 1 aromatic heterocycles. The summed E-state index contributed by atoms with van der Waals surface area (Å²) in [5.41, 5.74) is 0. The molecular formula is C13H15ClN4OS. The van der Waals surface area contributed by atoms with Gasteiger partial charge < -0.3 is 10.1 Å². The second kappa shape index (κ2) is 7.31. The molecule has 0 bridgehead atoms. The lowest BCUT2D eigenvalue weighted by atomic mass is 10.4. The van der Waals surface area contributed by atoms with Gasteiger partial charge >= 0.3 is 6.01 Å². The second-order valence-electron chi connectivity index (χ2n) is 3.91. The van der Waals surface area contributed by atoms with E-state index in [0.29, 0.717) is 22.1 Å². The molecule has 1 heterocycles. The van der Waals surface area contributed by atoms with Crippen molar-refractivity contribution >= 4 is 29.3 Å². The van der Waals surface area contributed by atoms with E-state index in [0.717, 1.165) is 17.9 Å². The minimum absolute atomic E-state index is 0.295. The summed E-state index contributed by atoms with van der Waals surface area (Å²) in [6.45, 7) is 2.88. The summed E-state index contributed by atoms with van der Waals surface area (Å²) in [6.07, 6.45) is 0.991. The molecule has 0 radical (unpaired) electrons. The van der Waals surface area contributed by atoms with Crippen LogP contribution in [0.5, 0.6) is 6.01 Å². The summed E-state index contributed by atoms with van der Waals surface area (Å²) in [6, 6.07) is 7.82. The third-order valence-corrected chi connectivity index (χ3v) is 3.41. The molecule has 0 amide bonds. The standard InChI is InChI=1S/C13H15ClN4OS/c1-3-7-15-11-16-12(19-2)18-13(17-11)20-10-6-4-5-9(14)8-10/h4-6,8H,3,7H2,1-2H3,(H,15,16,17,18). The highest BCUT2D eigenvalue weighted by Gasteiger charge is 2.08. The molecule has 0 aliphatic carbocycles. The predicted octanol–water partition coefficient (Wildman–Crippen LogP) is 3.51. The topological polar surface area (TPSA) is 59.9 Å². The first-order valence-corrected chi connectivity index (χ1v) is 7.38. The van der Waals surface area contributed by atoms with Crippen LogP contribution >= 0.6 is 23.4 Å². The normalized spacial score (nSPS) is 10.3. The number of aromatic nitrogens is 3. The summed E-state index contributed by atoms with van der Waals surface area (Å²) in [7, 11) is 1.53. The SMILES string of the molecule is CCCNc1nc(OC)nc(Sc2cccc(Cl)c2)n1. The van der Waals surface area contributed by atoms with Crippen LogP contribution < -0.4 is 10.1 Å². The highest BCUT2D eigenvalue weighted by atomic mass is 35.5. The van der Waals surface area contributed by atoms with Crippen LogP contribution in [0, 0.1) is 0 Å². The van der Waals surface area contributed by atoms with Gasteiger partial charge in [-0.25, -0.2) is 0 Å². The molecule has 106 valence electrons. The van der Waals surface area contributed by atoms with E-state index in [-0.39, 0.29) is 0 Å². The number of ether oxygens (including phenoxy) is 1. The summed E-state index contributed by atoms with van der Waals surface area (Å²) in [4.78, 5) is 13.7. The number of nitrogens with one attached hydrogen (secondary N) is 1. The van der Waals surface area contributed by atoms with Crippen LogP contribution in [0.2, 0.25) is 5.02 Å². The lowest BCUT2D eigenvalue weighted by Gasteiger charge is -2.07. The Balaban J connectivity index is 2.21. The number of nitrogens with zero attached hydrogens (tertiary/aromatic N) is 3. The number of hydrogen-bond donors (Lipinski definition) is 1. The fourth-order valence-electron chi connectivity index (χ4n) is 1.43. The molecule has 1 aromatic carbocycles. The number of rotatable bonds is 6. The predicted molar refractivity (Wildman–Crippen MR) is 80.7 cm³/mol. The first-order valence-electron chi connectivity index (χ1n) is 6.18. The van der Waals surface area contributed by atoms with Crippen molar-refractivity contribution in [1.82, 2.24) is 15.0 Å². The molecule has 1 N–H and O–H groups in total. The Labute approximate surface area is 127 Å². The number of methoxy groups -OCH3 is 1. The molecule has 7 heteroatoms. The van der Waals surface area contributed by atoms with E-state index in [1.807, 2.05) is 24.3 Å². The van der Waals surface area contributed by atoms with E-state index in [9.17, 15) is 0 Å². The van der Waals surface area contributed by atoms with Gasteiger partial charge in [-0.1, -0.05) is 24.6 Å². The van der Waals surface area contributed by atoms with E-state index in [4.69, 9.17) is 16.3 Å². The van der Waals surface area contributed by atoms with Gasteiger partial charge in [0.1, 0.15) is 0 Å². The molecule has 0 unspecified atom stereocenters. The number of hydrogen-bond acceptors (Lipinski definition) is 6. The fourth-order valence-corrected chi connectivity index (χ4v) is 2.48. The molecule has 0 aliphatic heterocycles. The van der Waals surface area contributed by atoms with Gasteiger partial charge in [0.05, 0.1) is 7.11 Å². The van der Waals surface area contributed by atoms with Crippen LogP contribution in [0.3, 0.4) is 0 Å². The van der Waals surface area contributed by atoms with Gasteiger partial charge in [-0.3, -0.25) is 0 Å². The van der Waals surface area contributed by atoms with E-state index in [2.05, 4.69) is 27.2 Å². The minimum Gasteiger partial charge on any atom is -0.467 e. The molecule has 2 rings (SSSR count). The van der Waals surface area contributed by atoms with Gasteiger partial charge in [0.25, 0.3) is 0 Å². The number of benzene rings is 1. The molecule has 5 nitrogen and oxygen atoms in total. The van der Waals surface area contributed by atoms with Crippen molar-refractivity contribution in [3.8, 4) is 6.01 Å². The number of anilines is 1. The second-order valence-corrected chi connectivity index (χ2v) is 5.39. The van der Waals surface area contributed by atoms with Crippen LogP contribution in [0.1, 0.15) is 13.3 Å². The minimum atomic E-state index is 0.295. The van der Waals surface area contributed by atoms with E-state index >= 15 is 0 Å². The average molecular weight is 311 g/mol. The molecule has 0 saturated heterocycles. The maximum atomic E-state index is 5.97. The van der Waals surface area contributed by atoms with E-state index in [1.165, 1.54) is 18.9 Å². The van der Waals surface area contributed by atoms with Crippen molar-refractivity contribution in [3.63, 3.8) is 0 Å². The molecule has 2 aromatic rings. The summed E-state index contributed by atoms with van der Waals surface area (Å²) >= 11 is 7.38. The van der Waals surface area contributed by atoms with Gasteiger partial charge in [-0.15, -0.1) is 0 Å². The fraction of sp³-hybridized carbons (Fsp3) is 0.308. The molecule has 20 heavy (non-hydrogen) atoms. The van der Waals surface area contributed by atoms with Crippen LogP contribution in [-0.4, -0.2) is 28.6 Å². The highest BCUT2D eigenvalue weighted by molar-refractivity contribution is 7.99. The van der Waals surface area contributed by atoms with Crippen molar-refractivity contribution in [1.29, 1.82) is 0 Å². The van der Waals surface area contributed by atoms with Crippen LogP contribution in [0.4, 0.5) is 5.95 Å². The lowest BCUT2D eigenvalue weighted by Crippen LogP contribution is -2.07. The molecule has 0 fully saturated rings. The Hall–Kier alpha value is -1.53. The van der Waals surface area contributed by atoms with Crippen molar-refractivity contribution in [3.05, 3.63) is 29.3 Å². The molecular weight excluding hydrogens is 296 g/mol. The Kier molecular flexibility index (Phi) is 5.43. The lowest BCUT2D eigenvalue weighted by molar-refractivity contribution is 0.373. The third kappa shape index (κ3) is 4.25. The molecule has 0 saturated carbocycles. The summed E-state index contributed by atoms with van der Waals surface area (Å²) < 4.78 is 5.10. The molecule has 0 spiro atoms.